The molecule has 0 aliphatic carbocycles. The van der Waals surface area contributed by atoms with Crippen molar-refractivity contribution in [1.82, 2.24) is 5.32 Å². The number of esters is 1. The van der Waals surface area contributed by atoms with Crippen molar-refractivity contribution < 1.29 is 14.3 Å². The number of hydrogen-bond donors (Lipinski definition) is 2. The van der Waals surface area contributed by atoms with Gasteiger partial charge in [0.15, 0.2) is 0 Å². The maximum absolute atomic E-state index is 11.7. The molecule has 0 aromatic heterocycles. The number of nitrogens with two attached hydrogens (primary N) is 1. The van der Waals surface area contributed by atoms with Crippen molar-refractivity contribution in [2.45, 2.75) is 33.2 Å². The molecule has 0 radical (unpaired) electrons. The van der Waals surface area contributed by atoms with Crippen molar-refractivity contribution >= 4 is 11.9 Å². The lowest BCUT2D eigenvalue weighted by atomic mass is 9.96. The summed E-state index contributed by atoms with van der Waals surface area (Å²) in [7, 11) is 0. The minimum absolute atomic E-state index is 0.101. The molecule has 0 saturated heterocycles. The summed E-state index contributed by atoms with van der Waals surface area (Å²) in [5.41, 5.74) is 8.33. The van der Waals surface area contributed by atoms with Crippen molar-refractivity contribution in [3.8, 4) is 0 Å². The Hall–Kier alpha value is -1.88. The van der Waals surface area contributed by atoms with E-state index in [-0.39, 0.29) is 24.8 Å². The van der Waals surface area contributed by atoms with Crippen LogP contribution in [0.4, 0.5) is 0 Å². The minimum Gasteiger partial charge on any atom is -0.466 e. The summed E-state index contributed by atoms with van der Waals surface area (Å²) >= 11 is 0. The number of carbonyl (C=O) groups is 2. The molecule has 3 N–H and O–H groups in total. The Morgan fingerprint density at radius 2 is 2.05 bits per heavy atom. The van der Waals surface area contributed by atoms with Crippen LogP contribution in [0.3, 0.4) is 0 Å². The van der Waals surface area contributed by atoms with Gasteiger partial charge in [-0.2, -0.15) is 0 Å². The Morgan fingerprint density at radius 1 is 1.35 bits per heavy atom. The van der Waals surface area contributed by atoms with Crippen LogP contribution in [0, 0.1) is 13.8 Å². The van der Waals surface area contributed by atoms with Gasteiger partial charge in [-0.25, -0.2) is 0 Å². The van der Waals surface area contributed by atoms with Gasteiger partial charge in [-0.1, -0.05) is 23.8 Å². The zero-order valence-corrected chi connectivity index (χ0v) is 12.2. The van der Waals surface area contributed by atoms with Crippen LogP contribution in [0.25, 0.3) is 0 Å². The first-order valence-electron chi connectivity index (χ1n) is 6.70. The van der Waals surface area contributed by atoms with Crippen LogP contribution in [-0.2, 0) is 14.3 Å². The Balaban J connectivity index is 2.99. The van der Waals surface area contributed by atoms with Crippen LogP contribution in [0.1, 0.15) is 36.1 Å². The summed E-state index contributed by atoms with van der Waals surface area (Å²) < 4.78 is 4.96. The largest absolute Gasteiger partial charge is 0.466 e. The summed E-state index contributed by atoms with van der Waals surface area (Å²) in [6.45, 7) is 5.88. The molecule has 5 nitrogen and oxygen atoms in total. The second-order valence-corrected chi connectivity index (χ2v) is 4.69. The van der Waals surface area contributed by atoms with Crippen molar-refractivity contribution in [1.29, 1.82) is 0 Å². The molecule has 0 heterocycles. The van der Waals surface area contributed by atoms with Gasteiger partial charge in [-0.15, -0.1) is 0 Å². The van der Waals surface area contributed by atoms with Crippen LogP contribution < -0.4 is 11.1 Å². The molecular formula is C15H22N2O3. The fourth-order valence-corrected chi connectivity index (χ4v) is 2.01. The molecule has 110 valence electrons. The maximum Gasteiger partial charge on any atom is 0.308 e. The summed E-state index contributed by atoms with van der Waals surface area (Å²) in [6, 6.07) is 5.52. The van der Waals surface area contributed by atoms with Crippen molar-refractivity contribution in [2.75, 3.05) is 13.2 Å². The zero-order chi connectivity index (χ0) is 15.1. The van der Waals surface area contributed by atoms with E-state index in [4.69, 9.17) is 10.5 Å². The molecule has 0 aliphatic rings. The van der Waals surface area contributed by atoms with E-state index in [9.17, 15) is 9.59 Å². The van der Waals surface area contributed by atoms with E-state index in [0.29, 0.717) is 6.61 Å². The average Bonchev–Trinajstić information content (AvgIpc) is 2.41. The normalized spacial score (nSPS) is 11.8. The lowest BCUT2D eigenvalue weighted by Crippen LogP contribution is -2.35. The van der Waals surface area contributed by atoms with E-state index in [1.165, 1.54) is 0 Å². The molecule has 0 bridgehead atoms. The number of benzene rings is 1. The quantitative estimate of drug-likeness (QED) is 0.770. The predicted octanol–water partition coefficient (Wildman–Crippen LogP) is 1.37. The number of nitrogens with one attached hydrogen (secondary N) is 1. The third-order valence-corrected chi connectivity index (χ3v) is 3.01. The minimum atomic E-state index is -0.412. The number of ether oxygens (including phenoxy) is 1. The van der Waals surface area contributed by atoms with Crippen LogP contribution >= 0.6 is 0 Å². The van der Waals surface area contributed by atoms with E-state index < -0.39 is 6.04 Å². The molecule has 0 aliphatic heterocycles. The van der Waals surface area contributed by atoms with E-state index in [0.717, 1.165) is 16.7 Å². The second kappa shape index (κ2) is 7.65. The molecule has 5 heteroatoms. The number of rotatable bonds is 6. The van der Waals surface area contributed by atoms with Crippen molar-refractivity contribution in [2.24, 2.45) is 5.73 Å². The average molecular weight is 278 g/mol. The first kappa shape index (κ1) is 16.2. The van der Waals surface area contributed by atoms with Crippen molar-refractivity contribution in [3.05, 3.63) is 34.9 Å². The fourth-order valence-electron chi connectivity index (χ4n) is 2.01. The third kappa shape index (κ3) is 4.66. The lowest BCUT2D eigenvalue weighted by Gasteiger charge is -2.20. The van der Waals surface area contributed by atoms with E-state index in [1.807, 2.05) is 32.0 Å². The Kier molecular flexibility index (Phi) is 6.18. The maximum atomic E-state index is 11.7. The second-order valence-electron chi connectivity index (χ2n) is 4.69. The smallest absolute Gasteiger partial charge is 0.308 e. The van der Waals surface area contributed by atoms with Gasteiger partial charge in [0.1, 0.15) is 0 Å². The molecule has 0 fully saturated rings. The predicted molar refractivity (Wildman–Crippen MR) is 77.1 cm³/mol. The number of aryl methyl sites for hydroxylation is 2. The Labute approximate surface area is 119 Å². The highest BCUT2D eigenvalue weighted by Crippen LogP contribution is 2.22. The van der Waals surface area contributed by atoms with Crippen molar-refractivity contribution in [3.63, 3.8) is 0 Å². The molecule has 0 unspecified atom stereocenters. The number of amides is 1. The summed E-state index contributed by atoms with van der Waals surface area (Å²) in [4.78, 5) is 23.2. The molecule has 0 spiro atoms. The molecule has 1 atom stereocenters. The number of carbonyl (C=O) groups excluding carboxylic acids is 2. The lowest BCUT2D eigenvalue weighted by molar-refractivity contribution is -0.143. The van der Waals surface area contributed by atoms with Crippen LogP contribution in [0.15, 0.2) is 18.2 Å². The highest BCUT2D eigenvalue weighted by molar-refractivity contribution is 5.79. The van der Waals surface area contributed by atoms with E-state index in [1.54, 1.807) is 6.92 Å². The highest BCUT2D eigenvalue weighted by Gasteiger charge is 2.20. The molecule has 1 aromatic rings. The third-order valence-electron chi connectivity index (χ3n) is 3.01. The monoisotopic (exact) mass is 278 g/mol. The zero-order valence-electron chi connectivity index (χ0n) is 12.2. The van der Waals surface area contributed by atoms with Gasteiger partial charge in [0.05, 0.1) is 25.6 Å². The highest BCUT2D eigenvalue weighted by atomic mass is 16.5. The topological polar surface area (TPSA) is 81.4 Å². The summed E-state index contributed by atoms with van der Waals surface area (Å²) in [5.74, 6) is -0.629. The molecule has 1 amide bonds. The first-order chi connectivity index (χ1) is 9.47. The van der Waals surface area contributed by atoms with Gasteiger partial charge < -0.3 is 15.8 Å². The van der Waals surface area contributed by atoms with Gasteiger partial charge in [-0.05, 0) is 31.9 Å². The standard InChI is InChI=1S/C15H22N2O3/c1-4-20-15(19)8-13(17-14(18)9-16)12-7-10(2)5-6-11(12)3/h5-7,13H,4,8-9,16H2,1-3H3,(H,17,18)/t13-/m0/s1. The van der Waals surface area contributed by atoms with Crippen LogP contribution in [0.2, 0.25) is 0 Å². The first-order valence-corrected chi connectivity index (χ1v) is 6.70. The molecule has 0 saturated carbocycles. The van der Waals surface area contributed by atoms with Gasteiger partial charge in [0.2, 0.25) is 5.91 Å². The Morgan fingerprint density at radius 3 is 2.65 bits per heavy atom. The summed E-state index contributed by atoms with van der Waals surface area (Å²) in [6.07, 6.45) is 0.101. The molecule has 1 aromatic carbocycles. The van der Waals surface area contributed by atoms with Gasteiger partial charge in [-0.3, -0.25) is 9.59 Å². The molecule has 1 rings (SSSR count). The van der Waals surface area contributed by atoms with Gasteiger partial charge in [0.25, 0.3) is 0 Å². The molecule has 20 heavy (non-hydrogen) atoms. The van der Waals surface area contributed by atoms with Gasteiger partial charge >= 0.3 is 5.97 Å². The fraction of sp³-hybridized carbons (Fsp3) is 0.467. The van der Waals surface area contributed by atoms with Crippen LogP contribution in [-0.4, -0.2) is 25.0 Å². The summed E-state index contributed by atoms with van der Waals surface area (Å²) in [5, 5.41) is 2.78. The van der Waals surface area contributed by atoms with E-state index >= 15 is 0 Å². The van der Waals surface area contributed by atoms with Crippen LogP contribution in [0.5, 0.6) is 0 Å². The number of hydrogen-bond acceptors (Lipinski definition) is 4. The molecular weight excluding hydrogens is 256 g/mol. The SMILES string of the molecule is CCOC(=O)C[C@H](NC(=O)CN)c1cc(C)ccc1C. The van der Waals surface area contributed by atoms with Gasteiger partial charge in [0, 0.05) is 0 Å². The van der Waals surface area contributed by atoms with E-state index in [2.05, 4.69) is 5.32 Å². The Bertz CT molecular complexity index is 486.